The van der Waals surface area contributed by atoms with Crippen molar-refractivity contribution in [3.8, 4) is 0 Å². The van der Waals surface area contributed by atoms with E-state index in [-0.39, 0.29) is 36.1 Å². The lowest BCUT2D eigenvalue weighted by molar-refractivity contribution is -0.137. The second kappa shape index (κ2) is 11.9. The van der Waals surface area contributed by atoms with Gasteiger partial charge in [-0.3, -0.25) is 9.48 Å². The van der Waals surface area contributed by atoms with Crippen molar-refractivity contribution in [2.45, 2.75) is 33.5 Å². The number of alkyl halides is 3. The molecule has 1 amide bonds. The van der Waals surface area contributed by atoms with E-state index in [4.69, 9.17) is 0 Å². The fourth-order valence-electron chi connectivity index (χ4n) is 2.82. The standard InChI is InChI=1S/C20H27F3N6O.HI/c1-5-24-19(27-12-17-13(2)28-29(4)14(17)3)26-11-10-25-18(30)15-6-8-16(9-7-15)20(21,22)23;/h6-9H,5,10-12H2,1-4H3,(H,25,30)(H2,24,26,27);1H. The molecule has 2 rings (SSSR count). The summed E-state index contributed by atoms with van der Waals surface area (Å²) in [6.07, 6.45) is -4.42. The van der Waals surface area contributed by atoms with Crippen LogP contribution in [0.25, 0.3) is 0 Å². The van der Waals surface area contributed by atoms with Gasteiger partial charge in [-0.05, 0) is 45.0 Å². The predicted octanol–water partition coefficient (Wildman–Crippen LogP) is 3.16. The normalized spacial score (nSPS) is 11.6. The monoisotopic (exact) mass is 552 g/mol. The van der Waals surface area contributed by atoms with Gasteiger partial charge in [0.05, 0.1) is 17.8 Å². The van der Waals surface area contributed by atoms with Gasteiger partial charge in [-0.25, -0.2) is 4.99 Å². The number of nitrogens with one attached hydrogen (secondary N) is 3. The Morgan fingerprint density at radius 1 is 1.10 bits per heavy atom. The van der Waals surface area contributed by atoms with E-state index in [1.54, 1.807) is 0 Å². The van der Waals surface area contributed by atoms with Crippen LogP contribution in [0.1, 0.15) is 39.8 Å². The molecule has 1 aromatic heterocycles. The molecule has 172 valence electrons. The average molecular weight is 552 g/mol. The minimum Gasteiger partial charge on any atom is -0.357 e. The first kappa shape index (κ1) is 26.7. The number of aromatic nitrogens is 2. The van der Waals surface area contributed by atoms with Crippen molar-refractivity contribution in [3.05, 3.63) is 52.3 Å². The Morgan fingerprint density at radius 3 is 2.23 bits per heavy atom. The third-order valence-electron chi connectivity index (χ3n) is 4.58. The molecule has 11 heteroatoms. The Balaban J connectivity index is 0.00000480. The highest BCUT2D eigenvalue weighted by Gasteiger charge is 2.30. The number of aliphatic imine (C=N–C) groups is 1. The van der Waals surface area contributed by atoms with Crippen molar-refractivity contribution in [2.24, 2.45) is 12.0 Å². The molecule has 0 aliphatic carbocycles. The van der Waals surface area contributed by atoms with E-state index >= 15 is 0 Å². The summed E-state index contributed by atoms with van der Waals surface area (Å²) in [5.74, 6) is 0.165. The molecule has 31 heavy (non-hydrogen) atoms. The first-order chi connectivity index (χ1) is 14.1. The summed E-state index contributed by atoms with van der Waals surface area (Å²) in [7, 11) is 1.89. The maximum atomic E-state index is 12.6. The Bertz CT molecular complexity index is 894. The Hall–Kier alpha value is -2.31. The van der Waals surface area contributed by atoms with Crippen LogP contribution in [0.15, 0.2) is 29.3 Å². The summed E-state index contributed by atoms with van der Waals surface area (Å²) < 4.78 is 39.6. The molecule has 0 unspecified atom stereocenters. The van der Waals surface area contributed by atoms with Crippen LogP contribution in [0.3, 0.4) is 0 Å². The fourth-order valence-corrected chi connectivity index (χ4v) is 2.82. The molecule has 0 saturated carbocycles. The number of halogens is 4. The van der Waals surface area contributed by atoms with Gasteiger partial charge in [0.1, 0.15) is 0 Å². The van der Waals surface area contributed by atoms with Crippen LogP contribution in [0.5, 0.6) is 0 Å². The third kappa shape index (κ3) is 7.71. The van der Waals surface area contributed by atoms with Crippen LogP contribution >= 0.6 is 24.0 Å². The number of amides is 1. The van der Waals surface area contributed by atoms with E-state index in [1.165, 1.54) is 0 Å². The SMILES string of the molecule is CCNC(=NCc1c(C)nn(C)c1C)NCCNC(=O)c1ccc(C(F)(F)F)cc1.I. The summed E-state index contributed by atoms with van der Waals surface area (Å²) in [4.78, 5) is 16.6. The average Bonchev–Trinajstić information content (AvgIpc) is 2.94. The van der Waals surface area contributed by atoms with Gasteiger partial charge in [0.15, 0.2) is 5.96 Å². The lowest BCUT2D eigenvalue weighted by Gasteiger charge is -2.12. The number of carbonyl (C=O) groups excluding carboxylic acids is 1. The molecule has 3 N–H and O–H groups in total. The molecule has 0 atom stereocenters. The van der Waals surface area contributed by atoms with Crippen molar-refractivity contribution < 1.29 is 18.0 Å². The number of hydrogen-bond acceptors (Lipinski definition) is 3. The van der Waals surface area contributed by atoms with Crippen LogP contribution in [0, 0.1) is 13.8 Å². The molecule has 1 heterocycles. The number of benzene rings is 1. The number of carbonyl (C=O) groups is 1. The Labute approximate surface area is 196 Å². The summed E-state index contributed by atoms with van der Waals surface area (Å²) in [5.41, 5.74) is 2.43. The molecule has 0 radical (unpaired) electrons. The summed E-state index contributed by atoms with van der Waals surface area (Å²) in [6.45, 7) is 7.72. The summed E-state index contributed by atoms with van der Waals surface area (Å²) in [5, 5.41) is 13.3. The summed E-state index contributed by atoms with van der Waals surface area (Å²) in [6, 6.07) is 4.11. The number of guanidine groups is 1. The third-order valence-corrected chi connectivity index (χ3v) is 4.58. The van der Waals surface area contributed by atoms with Crippen molar-refractivity contribution in [3.63, 3.8) is 0 Å². The molecular weight excluding hydrogens is 524 g/mol. The van der Waals surface area contributed by atoms with Gasteiger partial charge in [0.25, 0.3) is 5.91 Å². The molecule has 2 aromatic rings. The fraction of sp³-hybridized carbons (Fsp3) is 0.450. The van der Waals surface area contributed by atoms with Gasteiger partial charge in [-0.15, -0.1) is 24.0 Å². The molecule has 0 fully saturated rings. The van der Waals surface area contributed by atoms with Gasteiger partial charge in [0, 0.05) is 43.5 Å². The molecule has 0 aliphatic rings. The minimum absolute atomic E-state index is 0. The number of hydrogen-bond donors (Lipinski definition) is 3. The van der Waals surface area contributed by atoms with Crippen molar-refractivity contribution >= 4 is 35.8 Å². The molecule has 1 aromatic carbocycles. The van der Waals surface area contributed by atoms with E-state index in [9.17, 15) is 18.0 Å². The van der Waals surface area contributed by atoms with Crippen molar-refractivity contribution in [2.75, 3.05) is 19.6 Å². The van der Waals surface area contributed by atoms with Gasteiger partial charge in [0.2, 0.25) is 0 Å². The van der Waals surface area contributed by atoms with Crippen LogP contribution in [0.2, 0.25) is 0 Å². The van der Waals surface area contributed by atoms with Crippen molar-refractivity contribution in [1.82, 2.24) is 25.7 Å². The van der Waals surface area contributed by atoms with Crippen LogP contribution < -0.4 is 16.0 Å². The van der Waals surface area contributed by atoms with Gasteiger partial charge in [-0.2, -0.15) is 18.3 Å². The Morgan fingerprint density at radius 2 is 1.71 bits per heavy atom. The first-order valence-electron chi connectivity index (χ1n) is 9.60. The smallest absolute Gasteiger partial charge is 0.357 e. The number of nitrogens with zero attached hydrogens (tertiary/aromatic N) is 3. The highest BCUT2D eigenvalue weighted by atomic mass is 127. The second-order valence-electron chi connectivity index (χ2n) is 6.73. The van der Waals surface area contributed by atoms with E-state index in [1.807, 2.05) is 32.5 Å². The quantitative estimate of drug-likeness (QED) is 0.214. The van der Waals surface area contributed by atoms with E-state index in [0.717, 1.165) is 41.2 Å². The van der Waals surface area contributed by atoms with Gasteiger partial charge < -0.3 is 16.0 Å². The molecular formula is C20H28F3IN6O. The largest absolute Gasteiger partial charge is 0.416 e. The van der Waals surface area contributed by atoms with Gasteiger partial charge in [-0.1, -0.05) is 0 Å². The predicted molar refractivity (Wildman–Crippen MR) is 125 cm³/mol. The molecule has 0 aliphatic heterocycles. The van der Waals surface area contributed by atoms with E-state index in [2.05, 4.69) is 26.0 Å². The zero-order valence-corrected chi connectivity index (χ0v) is 20.3. The Kier molecular flexibility index (Phi) is 10.3. The van der Waals surface area contributed by atoms with Crippen LogP contribution in [0.4, 0.5) is 13.2 Å². The highest BCUT2D eigenvalue weighted by Crippen LogP contribution is 2.29. The molecule has 0 spiro atoms. The molecule has 7 nitrogen and oxygen atoms in total. The van der Waals surface area contributed by atoms with Crippen molar-refractivity contribution in [1.29, 1.82) is 0 Å². The van der Waals surface area contributed by atoms with Crippen LogP contribution in [-0.4, -0.2) is 41.3 Å². The molecule has 0 bridgehead atoms. The van der Waals surface area contributed by atoms with E-state index < -0.39 is 17.6 Å². The lowest BCUT2D eigenvalue weighted by Crippen LogP contribution is -2.41. The topological polar surface area (TPSA) is 83.3 Å². The zero-order chi connectivity index (χ0) is 22.3. The maximum absolute atomic E-state index is 12.6. The highest BCUT2D eigenvalue weighted by molar-refractivity contribution is 14.0. The maximum Gasteiger partial charge on any atom is 0.416 e. The number of rotatable bonds is 7. The lowest BCUT2D eigenvalue weighted by atomic mass is 10.1. The summed E-state index contributed by atoms with van der Waals surface area (Å²) >= 11 is 0. The second-order valence-corrected chi connectivity index (χ2v) is 6.73. The molecule has 0 saturated heterocycles. The minimum atomic E-state index is -4.42. The van der Waals surface area contributed by atoms with E-state index in [0.29, 0.717) is 25.6 Å². The first-order valence-corrected chi connectivity index (χ1v) is 9.60. The zero-order valence-electron chi connectivity index (χ0n) is 17.9. The van der Waals surface area contributed by atoms with Gasteiger partial charge >= 0.3 is 6.18 Å². The number of aryl methyl sites for hydroxylation is 2. The van der Waals surface area contributed by atoms with Crippen LogP contribution in [-0.2, 0) is 19.8 Å².